The number of nitrogens with zero attached hydrogens (tertiary/aromatic N) is 1. The number of hydrogen-bond acceptors (Lipinski definition) is 4. The third-order valence-corrected chi connectivity index (χ3v) is 7.36. The average molecular weight is 493 g/mol. The number of benzene rings is 2. The molecule has 0 aliphatic carbocycles. The summed E-state index contributed by atoms with van der Waals surface area (Å²) in [7, 11) is 2.06. The lowest BCUT2D eigenvalue weighted by Gasteiger charge is -2.22. The number of carbonyl (C=O) groups is 1. The summed E-state index contributed by atoms with van der Waals surface area (Å²) in [5.41, 5.74) is 3.20. The van der Waals surface area contributed by atoms with Crippen molar-refractivity contribution in [3.05, 3.63) is 58.1 Å². The fraction of sp³-hybridized carbons (Fsp3) is 0.435. The first-order valence-corrected chi connectivity index (χ1v) is 12.3. The third-order valence-electron chi connectivity index (χ3n) is 5.44. The number of unbranched alkanes of at least 4 members (excludes halogenated alkanes) is 4. The van der Waals surface area contributed by atoms with E-state index < -0.39 is 11.0 Å². The van der Waals surface area contributed by atoms with Gasteiger partial charge in [0.15, 0.2) is 11.0 Å². The molecule has 0 saturated carbocycles. The number of rotatable bonds is 9. The van der Waals surface area contributed by atoms with E-state index in [0.29, 0.717) is 6.42 Å². The fourth-order valence-corrected chi connectivity index (χ4v) is 5.58. The summed E-state index contributed by atoms with van der Waals surface area (Å²) in [5.74, 6) is -0.128. The van der Waals surface area contributed by atoms with Crippen LogP contribution < -0.4 is 9.62 Å². The lowest BCUT2D eigenvalue weighted by molar-refractivity contribution is -0.140. The molecule has 2 aromatic carbocycles. The van der Waals surface area contributed by atoms with E-state index in [0.717, 1.165) is 64.8 Å². The van der Waals surface area contributed by atoms with E-state index in [1.807, 2.05) is 41.7 Å². The van der Waals surface area contributed by atoms with Gasteiger partial charge in [0.05, 0.1) is 23.7 Å². The Bertz CT molecular complexity index is 906. The second kappa shape index (κ2) is 11.1. The maximum absolute atomic E-state index is 13.2. The van der Waals surface area contributed by atoms with E-state index >= 15 is 0 Å². The van der Waals surface area contributed by atoms with Crippen LogP contribution in [-0.2, 0) is 20.5 Å². The zero-order chi connectivity index (χ0) is 21.5. The summed E-state index contributed by atoms with van der Waals surface area (Å²) in [6.07, 6.45) is 5.71. The van der Waals surface area contributed by atoms with Crippen LogP contribution in [0.3, 0.4) is 0 Å². The highest BCUT2D eigenvalue weighted by molar-refractivity contribution is 9.10. The van der Waals surface area contributed by atoms with Gasteiger partial charge < -0.3 is 10.1 Å². The largest absolute Gasteiger partial charge is 0.469 e. The number of anilines is 1. The van der Waals surface area contributed by atoms with Crippen LogP contribution in [0.5, 0.6) is 0 Å². The standard InChI is InChI=1S/C23H29BrN2O3S/c1-26-20-11-8-7-10-18(20)23(19-14-13-17(24)16-21(19)30(26)28)25-15-9-5-3-4-6-12-22(27)29-2/h7-8,10-11,13-14,16,23,25H,3-6,9,12,15H2,1-2H3. The maximum atomic E-state index is 13.2. The molecule has 1 aliphatic heterocycles. The van der Waals surface area contributed by atoms with Crippen molar-refractivity contribution >= 4 is 38.6 Å². The van der Waals surface area contributed by atoms with Gasteiger partial charge in [-0.2, -0.15) is 0 Å². The van der Waals surface area contributed by atoms with Crippen molar-refractivity contribution in [1.82, 2.24) is 5.32 Å². The van der Waals surface area contributed by atoms with Crippen LogP contribution in [0.2, 0.25) is 0 Å². The Hall–Kier alpha value is -1.70. The Kier molecular flexibility index (Phi) is 8.48. The molecule has 162 valence electrons. The number of halogens is 1. The molecule has 1 N–H and O–H groups in total. The number of hydrogen-bond donors (Lipinski definition) is 1. The van der Waals surface area contributed by atoms with Gasteiger partial charge in [-0.3, -0.25) is 9.10 Å². The van der Waals surface area contributed by atoms with E-state index in [-0.39, 0.29) is 12.0 Å². The lowest BCUT2D eigenvalue weighted by Crippen LogP contribution is -2.24. The summed E-state index contributed by atoms with van der Waals surface area (Å²) in [6, 6.07) is 14.2. The zero-order valence-corrected chi connectivity index (χ0v) is 19.9. The first-order chi connectivity index (χ1) is 14.5. The molecule has 0 bridgehead atoms. The molecule has 2 aromatic rings. The molecule has 1 heterocycles. The van der Waals surface area contributed by atoms with Gasteiger partial charge in [-0.1, -0.05) is 59.5 Å². The summed E-state index contributed by atoms with van der Waals surface area (Å²) >= 11 is 3.52. The van der Waals surface area contributed by atoms with Crippen LogP contribution in [0.1, 0.15) is 55.7 Å². The number of ether oxygens (including phenoxy) is 1. The Balaban J connectivity index is 1.66. The third kappa shape index (κ3) is 5.50. The summed E-state index contributed by atoms with van der Waals surface area (Å²) in [5, 5.41) is 3.70. The summed E-state index contributed by atoms with van der Waals surface area (Å²) < 4.78 is 20.7. The Labute approximate surface area is 189 Å². The Morgan fingerprint density at radius 1 is 1.10 bits per heavy atom. The number of para-hydroxylation sites is 1. The predicted molar refractivity (Wildman–Crippen MR) is 125 cm³/mol. The molecule has 3 rings (SSSR count). The van der Waals surface area contributed by atoms with Crippen molar-refractivity contribution < 1.29 is 13.7 Å². The van der Waals surface area contributed by atoms with Crippen molar-refractivity contribution in [2.45, 2.75) is 49.5 Å². The second-order valence-electron chi connectivity index (χ2n) is 7.47. The molecule has 2 atom stereocenters. The molecule has 0 fully saturated rings. The van der Waals surface area contributed by atoms with E-state index in [9.17, 15) is 9.00 Å². The minimum Gasteiger partial charge on any atom is -0.469 e. The van der Waals surface area contributed by atoms with Gasteiger partial charge in [-0.05, 0) is 48.7 Å². The van der Waals surface area contributed by atoms with Gasteiger partial charge in [-0.25, -0.2) is 4.21 Å². The Morgan fingerprint density at radius 2 is 1.83 bits per heavy atom. The van der Waals surface area contributed by atoms with Gasteiger partial charge in [0, 0.05) is 17.9 Å². The van der Waals surface area contributed by atoms with Crippen LogP contribution in [0.25, 0.3) is 0 Å². The highest BCUT2D eigenvalue weighted by Crippen LogP contribution is 2.39. The van der Waals surface area contributed by atoms with Crippen LogP contribution in [-0.4, -0.2) is 30.9 Å². The van der Waals surface area contributed by atoms with Crippen molar-refractivity contribution in [2.24, 2.45) is 0 Å². The molecule has 0 saturated heterocycles. The van der Waals surface area contributed by atoms with E-state index in [1.54, 1.807) is 0 Å². The fourth-order valence-electron chi connectivity index (χ4n) is 3.81. The topological polar surface area (TPSA) is 58.6 Å². The number of esters is 1. The minimum atomic E-state index is -1.26. The molecule has 0 spiro atoms. The molecule has 0 amide bonds. The van der Waals surface area contributed by atoms with Crippen molar-refractivity contribution in [3.63, 3.8) is 0 Å². The molecule has 1 aliphatic rings. The number of fused-ring (bicyclic) bond motifs is 2. The predicted octanol–water partition coefficient (Wildman–Crippen LogP) is 5.11. The SMILES string of the molecule is COC(=O)CCCCCCCNC1c2ccccc2N(C)S(=O)c2cc(Br)ccc21. The summed E-state index contributed by atoms with van der Waals surface area (Å²) in [4.78, 5) is 12.0. The summed E-state index contributed by atoms with van der Waals surface area (Å²) in [6.45, 7) is 0.877. The van der Waals surface area contributed by atoms with Crippen LogP contribution in [0, 0.1) is 0 Å². The number of methoxy groups -OCH3 is 1. The molecule has 0 radical (unpaired) electrons. The molecule has 2 unspecified atom stereocenters. The normalized spacial score (nSPS) is 17.8. The molecule has 0 aromatic heterocycles. The van der Waals surface area contributed by atoms with Crippen molar-refractivity contribution in [2.75, 3.05) is 25.0 Å². The van der Waals surface area contributed by atoms with E-state index in [1.165, 1.54) is 7.11 Å². The van der Waals surface area contributed by atoms with Crippen molar-refractivity contribution in [1.29, 1.82) is 0 Å². The van der Waals surface area contributed by atoms with Gasteiger partial charge in [-0.15, -0.1) is 0 Å². The maximum Gasteiger partial charge on any atom is 0.305 e. The van der Waals surface area contributed by atoms with Crippen molar-refractivity contribution in [3.8, 4) is 0 Å². The molecule has 30 heavy (non-hydrogen) atoms. The number of carbonyl (C=O) groups excluding carboxylic acids is 1. The molecule has 5 nitrogen and oxygen atoms in total. The Morgan fingerprint density at radius 3 is 2.63 bits per heavy atom. The second-order valence-corrected chi connectivity index (χ2v) is 9.87. The van der Waals surface area contributed by atoms with E-state index in [4.69, 9.17) is 0 Å². The van der Waals surface area contributed by atoms with E-state index in [2.05, 4.69) is 38.1 Å². The molecular weight excluding hydrogens is 464 g/mol. The van der Waals surface area contributed by atoms with Gasteiger partial charge in [0.2, 0.25) is 0 Å². The van der Waals surface area contributed by atoms with Gasteiger partial charge in [0.1, 0.15) is 0 Å². The average Bonchev–Trinajstić information content (AvgIpc) is 2.84. The number of nitrogens with one attached hydrogen (secondary N) is 1. The highest BCUT2D eigenvalue weighted by atomic mass is 79.9. The van der Waals surface area contributed by atoms with Gasteiger partial charge in [0.25, 0.3) is 0 Å². The van der Waals surface area contributed by atoms with Crippen LogP contribution in [0.4, 0.5) is 5.69 Å². The first-order valence-electron chi connectivity index (χ1n) is 10.4. The van der Waals surface area contributed by atoms with Crippen LogP contribution in [0.15, 0.2) is 51.8 Å². The zero-order valence-electron chi connectivity index (χ0n) is 17.5. The minimum absolute atomic E-state index is 0.00229. The monoisotopic (exact) mass is 492 g/mol. The highest BCUT2D eigenvalue weighted by Gasteiger charge is 2.29. The van der Waals surface area contributed by atoms with Gasteiger partial charge >= 0.3 is 5.97 Å². The molecular formula is C23H29BrN2O3S. The molecule has 7 heteroatoms. The van der Waals surface area contributed by atoms with Crippen LogP contribution >= 0.6 is 15.9 Å². The first kappa shape index (κ1) is 23.0. The lowest BCUT2D eigenvalue weighted by atomic mass is 9.96. The smallest absolute Gasteiger partial charge is 0.305 e. The quantitative estimate of drug-likeness (QED) is 0.390.